The Labute approximate surface area is 146 Å². The van der Waals surface area contributed by atoms with Crippen LogP contribution in [-0.4, -0.2) is 27.5 Å². The summed E-state index contributed by atoms with van der Waals surface area (Å²) < 4.78 is 45.1. The van der Waals surface area contributed by atoms with E-state index in [9.17, 15) is 17.6 Å². The highest BCUT2D eigenvalue weighted by Crippen LogP contribution is 2.19. The molecule has 0 aliphatic heterocycles. The quantitative estimate of drug-likeness (QED) is 0.752. The topological polar surface area (TPSA) is 84.5 Å². The van der Waals surface area contributed by atoms with Gasteiger partial charge in [0.15, 0.2) is 6.61 Å². The molecule has 0 atom stereocenters. The number of ether oxygens (including phenoxy) is 1. The van der Waals surface area contributed by atoms with Gasteiger partial charge >= 0.3 is 0 Å². The van der Waals surface area contributed by atoms with Gasteiger partial charge in [0.25, 0.3) is 15.9 Å². The van der Waals surface area contributed by atoms with Gasteiger partial charge in [-0.2, -0.15) is 0 Å². The minimum atomic E-state index is -3.79. The highest BCUT2D eigenvalue weighted by atomic mass is 32.2. The predicted molar refractivity (Wildman–Crippen MR) is 92.4 cm³/mol. The van der Waals surface area contributed by atoms with Crippen molar-refractivity contribution in [3.8, 4) is 5.75 Å². The van der Waals surface area contributed by atoms with E-state index in [-0.39, 0.29) is 23.1 Å². The van der Waals surface area contributed by atoms with Crippen molar-refractivity contribution in [1.29, 1.82) is 0 Å². The molecule has 2 aromatic rings. The third-order valence-corrected chi connectivity index (χ3v) is 4.57. The average Bonchev–Trinajstić information content (AvgIpc) is 2.60. The van der Waals surface area contributed by atoms with E-state index in [1.165, 1.54) is 48.5 Å². The Morgan fingerprint density at radius 2 is 1.72 bits per heavy atom. The molecule has 0 aromatic heterocycles. The van der Waals surface area contributed by atoms with Crippen molar-refractivity contribution < 1.29 is 22.3 Å². The fourth-order valence-electron chi connectivity index (χ4n) is 1.91. The van der Waals surface area contributed by atoms with Gasteiger partial charge in [0.05, 0.1) is 4.90 Å². The van der Waals surface area contributed by atoms with Crippen LogP contribution in [0.1, 0.15) is 13.3 Å². The fraction of sp³-hybridized carbons (Fsp3) is 0.235. The van der Waals surface area contributed by atoms with Gasteiger partial charge in [-0.05, 0) is 55.0 Å². The van der Waals surface area contributed by atoms with E-state index in [1.54, 1.807) is 0 Å². The summed E-state index contributed by atoms with van der Waals surface area (Å²) in [6, 6.07) is 10.7. The summed E-state index contributed by atoms with van der Waals surface area (Å²) in [5.74, 6) is -0.309. The molecule has 2 N–H and O–H groups in total. The molecular weight excluding hydrogens is 347 g/mol. The van der Waals surface area contributed by atoms with E-state index in [0.717, 1.165) is 6.42 Å². The van der Waals surface area contributed by atoms with Gasteiger partial charge in [-0.3, -0.25) is 9.52 Å². The summed E-state index contributed by atoms with van der Waals surface area (Å²) >= 11 is 0. The lowest BCUT2D eigenvalue weighted by Gasteiger charge is -2.10. The summed E-state index contributed by atoms with van der Waals surface area (Å²) in [7, 11) is -3.79. The molecule has 134 valence electrons. The second-order valence-electron chi connectivity index (χ2n) is 5.22. The van der Waals surface area contributed by atoms with Crippen LogP contribution in [0.4, 0.5) is 10.1 Å². The van der Waals surface area contributed by atoms with Crippen molar-refractivity contribution in [2.75, 3.05) is 17.9 Å². The van der Waals surface area contributed by atoms with Crippen LogP contribution in [-0.2, 0) is 14.8 Å². The van der Waals surface area contributed by atoms with Crippen molar-refractivity contribution in [1.82, 2.24) is 5.32 Å². The lowest BCUT2D eigenvalue weighted by Crippen LogP contribution is -2.29. The second kappa shape index (κ2) is 8.48. The Balaban J connectivity index is 1.98. The number of halogens is 1. The van der Waals surface area contributed by atoms with E-state index in [4.69, 9.17) is 4.74 Å². The van der Waals surface area contributed by atoms with Crippen molar-refractivity contribution in [2.45, 2.75) is 18.2 Å². The third kappa shape index (κ3) is 5.75. The van der Waals surface area contributed by atoms with Crippen molar-refractivity contribution >= 4 is 21.6 Å². The smallest absolute Gasteiger partial charge is 0.261 e. The normalized spacial score (nSPS) is 11.0. The van der Waals surface area contributed by atoms with Crippen LogP contribution in [0.15, 0.2) is 53.4 Å². The molecule has 0 bridgehead atoms. The number of nitrogens with one attached hydrogen (secondary N) is 2. The number of benzene rings is 2. The van der Waals surface area contributed by atoms with Gasteiger partial charge in [-0.15, -0.1) is 0 Å². The van der Waals surface area contributed by atoms with E-state index < -0.39 is 15.8 Å². The summed E-state index contributed by atoms with van der Waals surface area (Å²) in [5, 5.41) is 2.67. The Hall–Kier alpha value is -2.61. The second-order valence-corrected chi connectivity index (χ2v) is 6.90. The molecule has 0 radical (unpaired) electrons. The molecule has 0 unspecified atom stereocenters. The summed E-state index contributed by atoms with van der Waals surface area (Å²) in [4.78, 5) is 11.5. The lowest BCUT2D eigenvalue weighted by atomic mass is 10.3. The zero-order chi connectivity index (χ0) is 18.3. The summed E-state index contributed by atoms with van der Waals surface area (Å²) in [6.45, 7) is 2.38. The number of hydrogen-bond acceptors (Lipinski definition) is 4. The van der Waals surface area contributed by atoms with Gasteiger partial charge < -0.3 is 10.1 Å². The molecular formula is C17H19FN2O4S. The van der Waals surface area contributed by atoms with Gasteiger partial charge in [0.2, 0.25) is 0 Å². The monoisotopic (exact) mass is 366 g/mol. The molecule has 0 saturated carbocycles. The molecule has 8 heteroatoms. The molecule has 0 aliphatic rings. The number of amides is 1. The Bertz CT molecular complexity index is 806. The minimum absolute atomic E-state index is 0.0274. The maximum Gasteiger partial charge on any atom is 0.261 e. The fourth-order valence-corrected chi connectivity index (χ4v) is 2.97. The highest BCUT2D eigenvalue weighted by Gasteiger charge is 2.14. The number of rotatable bonds is 8. The number of sulfonamides is 1. The number of hydrogen-bond donors (Lipinski definition) is 2. The number of carbonyl (C=O) groups excluding carboxylic acids is 1. The zero-order valence-electron chi connectivity index (χ0n) is 13.7. The maximum atomic E-state index is 12.9. The molecule has 0 spiro atoms. The molecule has 1 amide bonds. The number of carbonyl (C=O) groups is 1. The first kappa shape index (κ1) is 18.7. The van der Waals surface area contributed by atoms with Gasteiger partial charge in [0, 0.05) is 12.2 Å². The maximum absolute atomic E-state index is 12.9. The molecule has 2 aromatic carbocycles. The first-order valence-corrected chi connectivity index (χ1v) is 9.17. The minimum Gasteiger partial charge on any atom is -0.484 e. The van der Waals surface area contributed by atoms with Crippen LogP contribution in [0.5, 0.6) is 5.75 Å². The Kier molecular flexibility index (Phi) is 6.35. The van der Waals surface area contributed by atoms with Gasteiger partial charge in [-0.25, -0.2) is 12.8 Å². The first-order valence-electron chi connectivity index (χ1n) is 7.68. The molecule has 0 fully saturated rings. The van der Waals surface area contributed by atoms with Crippen molar-refractivity contribution in [3.63, 3.8) is 0 Å². The van der Waals surface area contributed by atoms with Crippen molar-refractivity contribution in [2.24, 2.45) is 0 Å². The largest absolute Gasteiger partial charge is 0.484 e. The van der Waals surface area contributed by atoms with Crippen LogP contribution >= 0.6 is 0 Å². The lowest BCUT2D eigenvalue weighted by molar-refractivity contribution is -0.123. The van der Waals surface area contributed by atoms with E-state index in [1.807, 2.05) is 6.92 Å². The summed E-state index contributed by atoms with van der Waals surface area (Å²) in [6.07, 6.45) is 0.833. The molecule has 0 saturated heterocycles. The van der Waals surface area contributed by atoms with E-state index in [0.29, 0.717) is 12.3 Å². The average molecular weight is 366 g/mol. The van der Waals surface area contributed by atoms with E-state index in [2.05, 4.69) is 10.0 Å². The van der Waals surface area contributed by atoms with Gasteiger partial charge in [-0.1, -0.05) is 6.92 Å². The van der Waals surface area contributed by atoms with Crippen LogP contribution in [0.2, 0.25) is 0 Å². The van der Waals surface area contributed by atoms with Crippen LogP contribution in [0, 0.1) is 5.82 Å². The Morgan fingerprint density at radius 3 is 2.32 bits per heavy atom. The van der Waals surface area contributed by atoms with Crippen LogP contribution < -0.4 is 14.8 Å². The molecule has 0 aliphatic carbocycles. The SMILES string of the molecule is CCCNC(=O)COc1ccc(S(=O)(=O)Nc2ccc(F)cc2)cc1. The van der Waals surface area contributed by atoms with Crippen LogP contribution in [0.25, 0.3) is 0 Å². The first-order chi connectivity index (χ1) is 11.9. The number of anilines is 1. The van der Waals surface area contributed by atoms with Crippen molar-refractivity contribution in [3.05, 3.63) is 54.3 Å². The van der Waals surface area contributed by atoms with Gasteiger partial charge in [0.1, 0.15) is 11.6 Å². The highest BCUT2D eigenvalue weighted by molar-refractivity contribution is 7.92. The predicted octanol–water partition coefficient (Wildman–Crippen LogP) is 2.53. The standard InChI is InChI=1S/C17H19FN2O4S/c1-2-11-19-17(21)12-24-15-7-9-16(10-8-15)25(22,23)20-14-5-3-13(18)4-6-14/h3-10,20H,2,11-12H2,1H3,(H,19,21). The molecule has 0 heterocycles. The van der Waals surface area contributed by atoms with Crippen LogP contribution in [0.3, 0.4) is 0 Å². The zero-order valence-corrected chi connectivity index (χ0v) is 14.5. The third-order valence-electron chi connectivity index (χ3n) is 3.17. The Morgan fingerprint density at radius 1 is 1.08 bits per heavy atom. The molecule has 25 heavy (non-hydrogen) atoms. The summed E-state index contributed by atoms with van der Waals surface area (Å²) in [5.41, 5.74) is 0.259. The van der Waals surface area contributed by atoms with E-state index >= 15 is 0 Å². The molecule has 2 rings (SSSR count). The molecule has 6 nitrogen and oxygen atoms in total.